The Morgan fingerprint density at radius 1 is 1.80 bits per heavy atom. The molecule has 0 rings (SSSR count). The summed E-state index contributed by atoms with van der Waals surface area (Å²) in [5, 5.41) is 0. The average Bonchev–Trinajstić information content (AvgIpc) is 0.811. The zero-order chi connectivity index (χ0) is 3.58. The smallest absolute Gasteiger partial charge is 0.00456 e. The van der Waals surface area contributed by atoms with Gasteiger partial charge in [-0.1, -0.05) is 8.44 Å². The third kappa shape index (κ3) is 19.9. The molecular weight excluding hydrogens is 311 g/mol. The van der Waals surface area contributed by atoms with Gasteiger partial charge in [-0.3, -0.25) is 0 Å². The normalized spacial score (nSPS) is 12.4. The Bertz CT molecular complexity index is 32.6. The summed E-state index contributed by atoms with van der Waals surface area (Å²) in [7, 11) is 2.49. The molecule has 29 valence electrons. The Balaban J connectivity index is 0. The molecule has 0 saturated heterocycles. The van der Waals surface area contributed by atoms with Crippen molar-refractivity contribution in [1.82, 2.24) is 0 Å². The van der Waals surface area contributed by atoms with Crippen molar-refractivity contribution in [2.75, 3.05) is 0 Å². The topological polar surface area (TPSA) is 0 Å². The van der Waals surface area contributed by atoms with Crippen molar-refractivity contribution in [2.24, 2.45) is 0 Å². The maximum Gasteiger partial charge on any atom is 0.00456 e. The summed E-state index contributed by atoms with van der Waals surface area (Å²) in [4.78, 5) is 0. The molecule has 2 atom stereocenters. The molecule has 0 aliphatic rings. The van der Waals surface area contributed by atoms with E-state index in [1.165, 1.54) is 0 Å². The Morgan fingerprint density at radius 2 is 1.80 bits per heavy atom. The molecule has 1 radical (unpaired) electrons. The van der Waals surface area contributed by atoms with Crippen molar-refractivity contribution in [3.05, 3.63) is 0 Å². The van der Waals surface area contributed by atoms with E-state index in [2.05, 4.69) is 40.8 Å². The zero-order valence-electron chi connectivity index (χ0n) is 2.35. The van der Waals surface area contributed by atoms with Crippen molar-refractivity contribution in [2.45, 2.75) is 0 Å². The van der Waals surface area contributed by atoms with Crippen molar-refractivity contribution in [1.29, 1.82) is 0 Å². The largest absolute Gasteiger partial charge is 0.0605 e. The monoisotopic (exact) mass is 313 g/mol. The fraction of sp³-hybridized carbons (Fsp3) is 0. The van der Waals surface area contributed by atoms with Crippen LogP contribution in [-0.4, -0.2) is 0 Å². The molecule has 0 nitrogen and oxygen atoms in total. The van der Waals surface area contributed by atoms with Crippen molar-refractivity contribution in [3.63, 3.8) is 0 Å². The van der Waals surface area contributed by atoms with Crippen LogP contribution >= 0.6 is 29.6 Å². The first-order valence-corrected chi connectivity index (χ1v) is 6.73. The van der Waals surface area contributed by atoms with Crippen LogP contribution < -0.4 is 0 Å². The van der Waals surface area contributed by atoms with Crippen LogP contribution in [0.4, 0.5) is 0 Å². The van der Waals surface area contributed by atoms with E-state index in [9.17, 15) is 0 Å². The van der Waals surface area contributed by atoms with E-state index in [0.29, 0.717) is 0 Å². The van der Waals surface area contributed by atoms with E-state index < -0.39 is 0 Å². The van der Waals surface area contributed by atoms with Crippen LogP contribution in [0.5, 0.6) is 0 Å². The van der Waals surface area contributed by atoms with E-state index in [-0.39, 0.29) is 39.0 Å². The summed E-state index contributed by atoms with van der Waals surface area (Å²) in [6.07, 6.45) is 0.109. The average molecular weight is 313 g/mol. The second kappa shape index (κ2) is 6.83. The minimum Gasteiger partial charge on any atom is -0.0605 e. The third-order valence-corrected chi connectivity index (χ3v) is 0. The standard InChI is InChI=1S/H2IPS2.Y/c1-4(2)3;/h2H2;. The van der Waals surface area contributed by atoms with Gasteiger partial charge < -0.3 is 0 Å². The number of hydrogen-bond donors (Lipinski definition) is 0. The molecule has 0 amide bonds. The van der Waals surface area contributed by atoms with Crippen LogP contribution in [0.2, 0.25) is 0 Å². The Kier molecular flexibility index (Phi) is 14.7. The van der Waals surface area contributed by atoms with Crippen LogP contribution in [0.15, 0.2) is 0 Å². The van der Waals surface area contributed by atoms with E-state index >= 15 is 0 Å². The Labute approximate surface area is 78.2 Å². The van der Waals surface area contributed by atoms with Crippen LogP contribution in [0, 0.1) is 0 Å². The van der Waals surface area contributed by atoms with Gasteiger partial charge in [0.25, 0.3) is 0 Å². The number of halogens is 1. The van der Waals surface area contributed by atoms with Gasteiger partial charge in [-0.25, -0.2) is 0 Å². The van der Waals surface area contributed by atoms with Crippen LogP contribution in [0.3, 0.4) is 0 Å². The number of hydrogen-bond acceptors (Lipinski definition) is 1. The molecule has 0 aromatic rings. The van der Waals surface area contributed by atoms with Gasteiger partial charge in [0.2, 0.25) is 0 Å². The first-order valence-electron chi connectivity index (χ1n) is 0.557. The molecular formula is H2IPS2Y. The van der Waals surface area contributed by atoms with Crippen LogP contribution in [-0.2, 0) is 50.1 Å². The molecule has 5 heavy (non-hydrogen) atoms. The molecule has 0 aliphatic heterocycles. The quantitative estimate of drug-likeness (QED) is 0.368. The maximum absolute atomic E-state index is 4.60. The van der Waals surface area contributed by atoms with Crippen molar-refractivity contribution in [3.8, 4) is 0 Å². The maximum atomic E-state index is 4.60. The summed E-state index contributed by atoms with van der Waals surface area (Å²) < 4.78 is 0. The van der Waals surface area contributed by atoms with E-state index in [1.54, 1.807) is 0 Å². The predicted octanol–water partition coefficient (Wildman–Crippen LogP) is 1.20. The second-order valence-corrected chi connectivity index (χ2v) is 11.8. The first kappa shape index (κ1) is 10.7. The van der Waals surface area contributed by atoms with E-state index in [0.717, 1.165) is 0 Å². The SMILES string of the molecule is PS(=S)I.[Y]. The minimum atomic E-state index is 0. The van der Waals surface area contributed by atoms with Gasteiger partial charge in [0.05, 0.1) is 0 Å². The van der Waals surface area contributed by atoms with Crippen LogP contribution in [0.1, 0.15) is 0 Å². The third-order valence-electron chi connectivity index (χ3n) is 0. The summed E-state index contributed by atoms with van der Waals surface area (Å²) in [5.74, 6) is 0. The van der Waals surface area contributed by atoms with Gasteiger partial charge in [-0.2, -0.15) is 0 Å². The Morgan fingerprint density at radius 3 is 1.80 bits per heavy atom. The van der Waals surface area contributed by atoms with Gasteiger partial charge in [-0.05, 0) is 17.4 Å². The summed E-state index contributed by atoms with van der Waals surface area (Å²) in [6, 6.07) is 0. The molecule has 0 heterocycles. The summed E-state index contributed by atoms with van der Waals surface area (Å²) in [6.45, 7) is 0. The van der Waals surface area contributed by atoms with Gasteiger partial charge >= 0.3 is 0 Å². The molecule has 0 N–H and O–H groups in total. The molecule has 0 saturated carbocycles. The van der Waals surface area contributed by atoms with E-state index in [4.69, 9.17) is 0 Å². The molecule has 0 aromatic heterocycles. The fourth-order valence-corrected chi connectivity index (χ4v) is 0. The minimum absolute atomic E-state index is 0. The van der Waals surface area contributed by atoms with Crippen LogP contribution in [0.25, 0.3) is 0 Å². The molecule has 2 unspecified atom stereocenters. The number of rotatable bonds is 0. The fourth-order valence-electron chi connectivity index (χ4n) is 0. The summed E-state index contributed by atoms with van der Waals surface area (Å²) in [5.41, 5.74) is 0. The van der Waals surface area contributed by atoms with Gasteiger partial charge in [0, 0.05) is 53.9 Å². The molecule has 5 heteroatoms. The van der Waals surface area contributed by atoms with Gasteiger partial charge in [0.1, 0.15) is 0 Å². The second-order valence-electron chi connectivity index (χ2n) is 0.248. The van der Waals surface area contributed by atoms with E-state index in [1.807, 2.05) is 0 Å². The molecule has 0 spiro atoms. The molecule has 0 fully saturated rings. The molecule has 0 aliphatic carbocycles. The zero-order valence-corrected chi connectivity index (χ0v) is 10.1. The van der Waals surface area contributed by atoms with Gasteiger partial charge in [0.15, 0.2) is 0 Å². The van der Waals surface area contributed by atoms with Crippen molar-refractivity contribution < 1.29 is 32.7 Å². The first-order chi connectivity index (χ1) is 1.73. The van der Waals surface area contributed by atoms with Gasteiger partial charge in [-0.15, -0.1) is 0 Å². The molecule has 0 bridgehead atoms. The molecule has 0 aromatic carbocycles. The summed E-state index contributed by atoms with van der Waals surface area (Å²) >= 11 is 6.75. The predicted molar refractivity (Wildman–Crippen MR) is 38.5 cm³/mol. The Hall–Kier alpha value is 2.83. The van der Waals surface area contributed by atoms with Crippen molar-refractivity contribution >= 4 is 47.1 Å².